The molecule has 0 heterocycles. The molecule has 2 aromatic rings. The molecule has 7 nitrogen and oxygen atoms in total. The van der Waals surface area contributed by atoms with Crippen LogP contribution in [0.3, 0.4) is 0 Å². The molecule has 2 atom stereocenters. The van der Waals surface area contributed by atoms with Crippen molar-refractivity contribution in [3.63, 3.8) is 0 Å². The summed E-state index contributed by atoms with van der Waals surface area (Å²) < 4.78 is 5.36. The fraction of sp³-hybridized carbons (Fsp3) is 0.464. The zero-order valence-corrected chi connectivity index (χ0v) is 23.0. The number of nitrogens with zero attached hydrogens (tertiary/aromatic N) is 1. The summed E-state index contributed by atoms with van der Waals surface area (Å²) in [7, 11) is 0. The molecular weight excluding hydrogens is 474 g/mol. The Kier molecular flexibility index (Phi) is 10.4. The molecule has 36 heavy (non-hydrogen) atoms. The maximum absolute atomic E-state index is 14.0. The van der Waals surface area contributed by atoms with Gasteiger partial charge in [0.15, 0.2) is 0 Å². The first-order valence-corrected chi connectivity index (χ1v) is 12.8. The van der Waals surface area contributed by atoms with Gasteiger partial charge in [0.2, 0.25) is 11.8 Å². The first kappa shape index (κ1) is 29.2. The molecule has 2 aromatic carbocycles. The maximum atomic E-state index is 14.0. The number of benzene rings is 2. The minimum Gasteiger partial charge on any atom is -0.444 e. The van der Waals surface area contributed by atoms with Crippen molar-refractivity contribution in [3.05, 3.63) is 71.8 Å². The Balaban J connectivity index is 2.45. The number of nitrogens with one attached hydrogen (secondary N) is 2. The molecule has 0 bridgehead atoms. The van der Waals surface area contributed by atoms with Crippen LogP contribution in [0.5, 0.6) is 0 Å². The fourth-order valence-electron chi connectivity index (χ4n) is 3.68. The molecule has 0 aliphatic carbocycles. The van der Waals surface area contributed by atoms with Crippen LogP contribution >= 0.6 is 12.6 Å². The van der Waals surface area contributed by atoms with Gasteiger partial charge in [-0.1, -0.05) is 67.6 Å². The first-order valence-electron chi connectivity index (χ1n) is 12.2. The second kappa shape index (κ2) is 12.8. The predicted molar refractivity (Wildman–Crippen MR) is 146 cm³/mol. The molecule has 0 aliphatic rings. The Morgan fingerprint density at radius 2 is 1.50 bits per heavy atom. The van der Waals surface area contributed by atoms with E-state index in [1.165, 1.54) is 0 Å². The van der Waals surface area contributed by atoms with Crippen LogP contribution < -0.4 is 10.6 Å². The van der Waals surface area contributed by atoms with E-state index in [0.717, 1.165) is 5.56 Å². The molecule has 0 saturated heterocycles. The lowest BCUT2D eigenvalue weighted by Crippen LogP contribution is -2.59. The van der Waals surface area contributed by atoms with E-state index in [4.69, 9.17) is 4.74 Å². The highest BCUT2D eigenvalue weighted by atomic mass is 32.1. The summed E-state index contributed by atoms with van der Waals surface area (Å²) in [6.07, 6.45) is -0.131. The van der Waals surface area contributed by atoms with E-state index in [-0.39, 0.29) is 11.7 Å². The standard InChI is InChI=1S/C28H39N3O4S/c1-7-28(5,6)31(25(33)22(19-36)30-26(34)35-27(2,3)4)23(21-16-12-9-13-17-21)24(32)29-18-20-14-10-8-11-15-20/h8-17,22-23,36H,7,18-19H2,1-6H3,(H,29,32)(H,30,34). The molecule has 2 rings (SSSR count). The normalized spacial score (nSPS) is 13.3. The summed E-state index contributed by atoms with van der Waals surface area (Å²) in [4.78, 5) is 41.8. The summed E-state index contributed by atoms with van der Waals surface area (Å²) in [5.74, 6) is -0.678. The van der Waals surface area contributed by atoms with Crippen LogP contribution in [0.25, 0.3) is 0 Å². The number of amides is 3. The van der Waals surface area contributed by atoms with E-state index in [2.05, 4.69) is 23.3 Å². The van der Waals surface area contributed by atoms with Crippen molar-refractivity contribution < 1.29 is 19.1 Å². The van der Waals surface area contributed by atoms with Gasteiger partial charge in [-0.05, 0) is 52.2 Å². The number of carbonyl (C=O) groups excluding carboxylic acids is 3. The van der Waals surface area contributed by atoms with Crippen LogP contribution in [0.15, 0.2) is 60.7 Å². The SMILES string of the molecule is CCC(C)(C)N(C(=O)C(CS)NC(=O)OC(C)(C)C)C(C(=O)NCc1ccccc1)c1ccccc1. The van der Waals surface area contributed by atoms with E-state index in [0.29, 0.717) is 18.5 Å². The van der Waals surface area contributed by atoms with Crippen LogP contribution in [-0.4, -0.2) is 45.7 Å². The third kappa shape index (κ3) is 8.29. The zero-order chi connectivity index (χ0) is 26.9. The summed E-state index contributed by atoms with van der Waals surface area (Å²) in [5.41, 5.74) is 0.192. The van der Waals surface area contributed by atoms with E-state index in [9.17, 15) is 14.4 Å². The highest BCUT2D eigenvalue weighted by molar-refractivity contribution is 7.80. The predicted octanol–water partition coefficient (Wildman–Crippen LogP) is 4.88. The Morgan fingerprint density at radius 3 is 2.00 bits per heavy atom. The number of alkyl carbamates (subject to hydrolysis) is 1. The fourth-order valence-corrected chi connectivity index (χ4v) is 3.93. The topological polar surface area (TPSA) is 87.7 Å². The molecular formula is C28H39N3O4S. The number of carbonyl (C=O) groups is 3. The molecule has 0 radical (unpaired) electrons. The Morgan fingerprint density at radius 1 is 0.944 bits per heavy atom. The number of ether oxygens (including phenoxy) is 1. The molecule has 0 aliphatic heterocycles. The van der Waals surface area contributed by atoms with Gasteiger partial charge in [-0.25, -0.2) is 4.79 Å². The highest BCUT2D eigenvalue weighted by Crippen LogP contribution is 2.32. The Labute approximate surface area is 220 Å². The second-order valence-electron chi connectivity index (χ2n) is 10.3. The molecule has 0 spiro atoms. The third-order valence-corrected chi connectivity index (χ3v) is 6.22. The molecule has 2 unspecified atom stereocenters. The van der Waals surface area contributed by atoms with Gasteiger partial charge in [0.1, 0.15) is 17.7 Å². The summed E-state index contributed by atoms with van der Waals surface area (Å²) in [5, 5.41) is 5.64. The van der Waals surface area contributed by atoms with Gasteiger partial charge in [0, 0.05) is 17.8 Å². The maximum Gasteiger partial charge on any atom is 0.408 e. The van der Waals surface area contributed by atoms with Crippen molar-refractivity contribution in [3.8, 4) is 0 Å². The molecule has 2 N–H and O–H groups in total. The van der Waals surface area contributed by atoms with Gasteiger partial charge in [-0.2, -0.15) is 12.6 Å². The molecule has 3 amide bonds. The monoisotopic (exact) mass is 513 g/mol. The van der Waals surface area contributed by atoms with Crippen LogP contribution in [0, 0.1) is 0 Å². The lowest BCUT2D eigenvalue weighted by atomic mass is 9.92. The largest absolute Gasteiger partial charge is 0.444 e. The average Bonchev–Trinajstić information content (AvgIpc) is 2.83. The Bertz CT molecular complexity index is 1010. The minimum absolute atomic E-state index is 0.0432. The quantitative estimate of drug-likeness (QED) is 0.395. The van der Waals surface area contributed by atoms with Crippen LogP contribution in [0.4, 0.5) is 4.79 Å². The van der Waals surface area contributed by atoms with Gasteiger partial charge in [0.05, 0.1) is 0 Å². The zero-order valence-electron chi connectivity index (χ0n) is 22.1. The molecule has 0 aromatic heterocycles. The lowest BCUT2D eigenvalue weighted by molar-refractivity contribution is -0.149. The van der Waals surface area contributed by atoms with Gasteiger partial charge in [-0.3, -0.25) is 9.59 Å². The first-order chi connectivity index (χ1) is 16.9. The molecule has 0 fully saturated rings. The lowest BCUT2D eigenvalue weighted by Gasteiger charge is -2.44. The number of hydrogen-bond donors (Lipinski definition) is 3. The molecule has 196 valence electrons. The summed E-state index contributed by atoms with van der Waals surface area (Å²) in [6, 6.07) is 16.9. The van der Waals surface area contributed by atoms with Crippen LogP contribution in [0.2, 0.25) is 0 Å². The number of rotatable bonds is 10. The van der Waals surface area contributed by atoms with Crippen LogP contribution in [0.1, 0.15) is 65.1 Å². The van der Waals surface area contributed by atoms with E-state index in [1.807, 2.05) is 81.4 Å². The van der Waals surface area contributed by atoms with Gasteiger partial charge < -0.3 is 20.3 Å². The van der Waals surface area contributed by atoms with Gasteiger partial charge in [0.25, 0.3) is 0 Å². The summed E-state index contributed by atoms with van der Waals surface area (Å²) >= 11 is 4.34. The van der Waals surface area contributed by atoms with Crippen LogP contribution in [-0.2, 0) is 20.9 Å². The molecule has 8 heteroatoms. The van der Waals surface area contributed by atoms with Crippen molar-refractivity contribution in [2.45, 2.75) is 77.7 Å². The van der Waals surface area contributed by atoms with Crippen molar-refractivity contribution in [2.75, 3.05) is 5.75 Å². The smallest absolute Gasteiger partial charge is 0.408 e. The van der Waals surface area contributed by atoms with E-state index in [1.54, 1.807) is 25.7 Å². The van der Waals surface area contributed by atoms with Gasteiger partial charge >= 0.3 is 6.09 Å². The van der Waals surface area contributed by atoms with E-state index < -0.39 is 35.2 Å². The minimum atomic E-state index is -0.984. The second-order valence-corrected chi connectivity index (χ2v) is 10.6. The number of hydrogen-bond acceptors (Lipinski definition) is 5. The Hall–Kier alpha value is -3.00. The molecule has 0 saturated carbocycles. The summed E-state index contributed by atoms with van der Waals surface area (Å²) in [6.45, 7) is 11.4. The van der Waals surface area contributed by atoms with Crippen molar-refractivity contribution in [1.29, 1.82) is 0 Å². The highest BCUT2D eigenvalue weighted by Gasteiger charge is 2.42. The number of thiol groups is 1. The van der Waals surface area contributed by atoms with Crippen molar-refractivity contribution >= 4 is 30.5 Å². The third-order valence-electron chi connectivity index (χ3n) is 5.86. The van der Waals surface area contributed by atoms with Crippen molar-refractivity contribution in [1.82, 2.24) is 15.5 Å². The van der Waals surface area contributed by atoms with Crippen molar-refractivity contribution in [2.24, 2.45) is 0 Å². The van der Waals surface area contributed by atoms with Gasteiger partial charge in [-0.15, -0.1) is 0 Å². The van der Waals surface area contributed by atoms with E-state index >= 15 is 0 Å². The average molecular weight is 514 g/mol.